The third-order valence-electron chi connectivity index (χ3n) is 5.21. The molecule has 0 heterocycles. The quantitative estimate of drug-likeness (QED) is 0.175. The highest BCUT2D eigenvalue weighted by Crippen LogP contribution is 2.26. The van der Waals surface area contributed by atoms with Crippen LogP contribution in [0.5, 0.6) is 0 Å². The Morgan fingerprint density at radius 2 is 1.52 bits per heavy atom. The molecule has 0 radical (unpaired) electrons. The average Bonchev–Trinajstić information content (AvgIpc) is 2.82. The van der Waals surface area contributed by atoms with Crippen molar-refractivity contribution in [2.24, 2.45) is 0 Å². The van der Waals surface area contributed by atoms with E-state index < -0.39 is 0 Å². The predicted octanol–water partition coefficient (Wildman–Crippen LogP) is 6.05. The molecule has 0 aliphatic rings. The summed E-state index contributed by atoms with van der Waals surface area (Å²) in [6.07, 6.45) is 12.1. The number of unbranched alkanes of at least 4 members (excludes halogenated alkanes) is 5. The minimum absolute atomic E-state index is 0.0659. The summed E-state index contributed by atoms with van der Waals surface area (Å²) in [6, 6.07) is 5.43. The molecule has 0 bridgehead atoms. The molecular formula is C26H44N2O4S. The Balaban J connectivity index is 2.21. The smallest absolute Gasteiger partial charge is 0.251 e. The van der Waals surface area contributed by atoms with Crippen LogP contribution in [0, 0.1) is 0 Å². The van der Waals surface area contributed by atoms with E-state index in [0.29, 0.717) is 43.9 Å². The molecule has 2 amide bonds. The lowest BCUT2D eigenvalue weighted by atomic mass is 10.1. The fraction of sp³-hybridized carbons (Fsp3) is 0.692. The van der Waals surface area contributed by atoms with E-state index in [4.69, 9.17) is 9.47 Å². The van der Waals surface area contributed by atoms with Crippen molar-refractivity contribution in [3.05, 3.63) is 23.8 Å². The zero-order valence-corrected chi connectivity index (χ0v) is 21.7. The molecule has 33 heavy (non-hydrogen) atoms. The van der Waals surface area contributed by atoms with Gasteiger partial charge in [-0.3, -0.25) is 9.59 Å². The fourth-order valence-corrected chi connectivity index (χ4v) is 3.78. The number of thioether (sulfide) groups is 1. The lowest BCUT2D eigenvalue weighted by Gasteiger charge is -2.12. The Hall–Kier alpha value is -1.57. The highest BCUT2D eigenvalue weighted by molar-refractivity contribution is 7.98. The first kappa shape index (κ1) is 29.5. The van der Waals surface area contributed by atoms with Crippen LogP contribution in [0.2, 0.25) is 0 Å². The molecule has 1 aromatic rings. The van der Waals surface area contributed by atoms with E-state index >= 15 is 0 Å². The Kier molecular flexibility index (Phi) is 17.7. The van der Waals surface area contributed by atoms with Gasteiger partial charge in [-0.2, -0.15) is 0 Å². The first-order valence-corrected chi connectivity index (χ1v) is 13.8. The maximum atomic E-state index is 12.4. The van der Waals surface area contributed by atoms with Gasteiger partial charge < -0.3 is 20.1 Å². The van der Waals surface area contributed by atoms with E-state index in [1.165, 1.54) is 25.7 Å². The van der Waals surface area contributed by atoms with Crippen LogP contribution in [0.3, 0.4) is 0 Å². The summed E-state index contributed by atoms with van der Waals surface area (Å²) in [6.45, 7) is 7.75. The van der Waals surface area contributed by atoms with Gasteiger partial charge in [0, 0.05) is 49.9 Å². The number of benzene rings is 1. The number of ether oxygens (including phenoxy) is 2. The number of carbonyl (C=O) groups is 2. The van der Waals surface area contributed by atoms with E-state index in [9.17, 15) is 9.59 Å². The van der Waals surface area contributed by atoms with Crippen molar-refractivity contribution in [2.75, 3.05) is 44.5 Å². The summed E-state index contributed by atoms with van der Waals surface area (Å²) < 4.78 is 11.2. The standard InChI is InChI=1S/C26H44N2O4S/c1-4-6-8-9-10-17-31-19-12-20-32-18-11-13-25(29)28-23-21-22(14-15-24(23)33-3)26(30)27-16-7-5-2/h14-15,21H,4-13,16-20H2,1-3H3,(H,27,30)(H,28,29). The van der Waals surface area contributed by atoms with Gasteiger partial charge in [-0.1, -0.05) is 46.0 Å². The van der Waals surface area contributed by atoms with Crippen LogP contribution in [0.15, 0.2) is 23.1 Å². The van der Waals surface area contributed by atoms with Crippen molar-refractivity contribution in [2.45, 2.75) is 83.0 Å². The van der Waals surface area contributed by atoms with Gasteiger partial charge in [0.05, 0.1) is 5.69 Å². The Morgan fingerprint density at radius 1 is 0.848 bits per heavy atom. The monoisotopic (exact) mass is 480 g/mol. The molecule has 0 saturated heterocycles. The van der Waals surface area contributed by atoms with E-state index in [-0.39, 0.29) is 11.8 Å². The zero-order chi connectivity index (χ0) is 24.2. The number of hydrogen-bond donors (Lipinski definition) is 2. The lowest BCUT2D eigenvalue weighted by Crippen LogP contribution is -2.24. The summed E-state index contributed by atoms with van der Waals surface area (Å²) in [5.41, 5.74) is 1.24. The number of amides is 2. The number of nitrogens with one attached hydrogen (secondary N) is 2. The van der Waals surface area contributed by atoms with Gasteiger partial charge in [0.1, 0.15) is 0 Å². The van der Waals surface area contributed by atoms with Gasteiger partial charge in [-0.25, -0.2) is 0 Å². The molecule has 0 atom stereocenters. The minimum atomic E-state index is -0.111. The van der Waals surface area contributed by atoms with Crippen LogP contribution in [0.25, 0.3) is 0 Å². The Labute approximate surface area is 205 Å². The second-order valence-corrected chi connectivity index (χ2v) is 9.02. The van der Waals surface area contributed by atoms with Crippen LogP contribution in [0.1, 0.15) is 88.4 Å². The predicted molar refractivity (Wildman–Crippen MR) is 138 cm³/mol. The molecule has 7 heteroatoms. The second kappa shape index (κ2) is 19.9. The van der Waals surface area contributed by atoms with Crippen LogP contribution in [-0.4, -0.2) is 51.0 Å². The van der Waals surface area contributed by atoms with Crippen LogP contribution >= 0.6 is 11.8 Å². The number of hydrogen-bond acceptors (Lipinski definition) is 5. The molecule has 0 unspecified atom stereocenters. The van der Waals surface area contributed by atoms with Crippen molar-refractivity contribution < 1.29 is 19.1 Å². The van der Waals surface area contributed by atoms with Gasteiger partial charge in [0.15, 0.2) is 0 Å². The molecule has 1 rings (SSSR count). The maximum Gasteiger partial charge on any atom is 0.251 e. The van der Waals surface area contributed by atoms with E-state index in [1.807, 2.05) is 12.3 Å². The topological polar surface area (TPSA) is 76.7 Å². The minimum Gasteiger partial charge on any atom is -0.381 e. The van der Waals surface area contributed by atoms with Crippen LogP contribution < -0.4 is 10.6 Å². The molecule has 0 aliphatic carbocycles. The molecule has 0 spiro atoms. The zero-order valence-electron chi connectivity index (χ0n) is 20.9. The molecule has 0 aliphatic heterocycles. The van der Waals surface area contributed by atoms with Gasteiger partial charge >= 0.3 is 0 Å². The molecule has 188 valence electrons. The van der Waals surface area contributed by atoms with Crippen molar-refractivity contribution >= 4 is 29.3 Å². The summed E-state index contributed by atoms with van der Waals surface area (Å²) in [5.74, 6) is -0.177. The number of carbonyl (C=O) groups excluding carboxylic acids is 2. The molecule has 0 saturated carbocycles. The van der Waals surface area contributed by atoms with Gasteiger partial charge in [-0.05, 0) is 50.1 Å². The van der Waals surface area contributed by atoms with Crippen molar-refractivity contribution in [3.63, 3.8) is 0 Å². The highest BCUT2D eigenvalue weighted by atomic mass is 32.2. The van der Waals surface area contributed by atoms with Gasteiger partial charge in [-0.15, -0.1) is 11.8 Å². The first-order valence-electron chi connectivity index (χ1n) is 12.5. The molecule has 2 N–H and O–H groups in total. The fourth-order valence-electron chi connectivity index (χ4n) is 3.25. The SMILES string of the molecule is CCCCCCCOCCCOCCCC(=O)Nc1cc(C(=O)NCCCC)ccc1SC. The van der Waals surface area contributed by atoms with Gasteiger partial charge in [0.2, 0.25) is 5.91 Å². The molecular weight excluding hydrogens is 436 g/mol. The van der Waals surface area contributed by atoms with Crippen LogP contribution in [-0.2, 0) is 14.3 Å². The highest BCUT2D eigenvalue weighted by Gasteiger charge is 2.11. The second-order valence-electron chi connectivity index (χ2n) is 8.17. The average molecular weight is 481 g/mol. The third-order valence-corrected chi connectivity index (χ3v) is 6.01. The maximum absolute atomic E-state index is 12.4. The number of rotatable bonds is 20. The van der Waals surface area contributed by atoms with Gasteiger partial charge in [0.25, 0.3) is 5.91 Å². The van der Waals surface area contributed by atoms with E-state index in [0.717, 1.165) is 43.8 Å². The molecule has 0 fully saturated rings. The van der Waals surface area contributed by atoms with Crippen molar-refractivity contribution in [1.82, 2.24) is 5.32 Å². The summed E-state index contributed by atoms with van der Waals surface area (Å²) in [7, 11) is 0. The normalized spacial score (nSPS) is 10.9. The first-order chi connectivity index (χ1) is 16.1. The molecule has 1 aromatic carbocycles. The summed E-state index contributed by atoms with van der Waals surface area (Å²) in [4.78, 5) is 25.6. The third kappa shape index (κ3) is 14.3. The Morgan fingerprint density at radius 3 is 2.21 bits per heavy atom. The van der Waals surface area contributed by atoms with Crippen LogP contribution in [0.4, 0.5) is 5.69 Å². The van der Waals surface area contributed by atoms with E-state index in [1.54, 1.807) is 23.9 Å². The summed E-state index contributed by atoms with van der Waals surface area (Å²) >= 11 is 1.54. The lowest BCUT2D eigenvalue weighted by molar-refractivity contribution is -0.116. The number of anilines is 1. The van der Waals surface area contributed by atoms with E-state index in [2.05, 4.69) is 24.5 Å². The molecule has 0 aromatic heterocycles. The molecule has 6 nitrogen and oxygen atoms in total. The van der Waals surface area contributed by atoms with Crippen molar-refractivity contribution in [1.29, 1.82) is 0 Å². The Bertz CT molecular complexity index is 670. The largest absolute Gasteiger partial charge is 0.381 e. The summed E-state index contributed by atoms with van der Waals surface area (Å²) in [5, 5.41) is 5.87. The van der Waals surface area contributed by atoms with Crippen molar-refractivity contribution in [3.8, 4) is 0 Å².